The van der Waals surface area contributed by atoms with Crippen LogP contribution in [0.2, 0.25) is 0 Å². The second-order valence-corrected chi connectivity index (χ2v) is 2.96. The number of rotatable bonds is 7. The van der Waals surface area contributed by atoms with Gasteiger partial charge in [-0.1, -0.05) is 6.92 Å². The summed E-state index contributed by atoms with van der Waals surface area (Å²) in [5.74, 6) is -0.542. The van der Waals surface area contributed by atoms with Crippen LogP contribution in [-0.2, 0) is 4.74 Å². The topological polar surface area (TPSA) is 68.8 Å². The van der Waals surface area contributed by atoms with E-state index in [0.717, 1.165) is 6.54 Å². The molecule has 1 N–H and O–H groups in total. The van der Waals surface area contributed by atoms with Gasteiger partial charge < -0.3 is 10.1 Å². The number of hydrogen-bond acceptors (Lipinski definition) is 4. The van der Waals surface area contributed by atoms with Gasteiger partial charge in [0.2, 0.25) is 0 Å². The van der Waals surface area contributed by atoms with Crippen LogP contribution in [0.5, 0.6) is 0 Å². The second-order valence-electron chi connectivity index (χ2n) is 2.96. The third kappa shape index (κ3) is 5.53. The van der Waals surface area contributed by atoms with Gasteiger partial charge in [0.1, 0.15) is 5.92 Å². The Bertz CT molecular complexity index is 202. The van der Waals surface area contributed by atoms with Crippen molar-refractivity contribution in [1.29, 1.82) is 10.5 Å². The Morgan fingerprint density at radius 2 is 1.93 bits per heavy atom. The third-order valence-corrected chi connectivity index (χ3v) is 1.85. The van der Waals surface area contributed by atoms with Crippen LogP contribution in [0.15, 0.2) is 0 Å². The maximum absolute atomic E-state index is 8.63. The molecule has 0 radical (unpaired) electrons. The molecule has 1 unspecified atom stereocenters. The minimum absolute atomic E-state index is 0.101. The van der Waals surface area contributed by atoms with Crippen molar-refractivity contribution in [2.45, 2.75) is 26.3 Å². The molecule has 0 aromatic carbocycles. The van der Waals surface area contributed by atoms with Crippen LogP contribution < -0.4 is 5.32 Å². The molecule has 4 nitrogen and oxygen atoms in total. The first-order valence-corrected chi connectivity index (χ1v) is 4.88. The van der Waals surface area contributed by atoms with Crippen molar-refractivity contribution in [2.24, 2.45) is 5.92 Å². The zero-order valence-corrected chi connectivity index (χ0v) is 8.79. The fraction of sp³-hybridized carbons (Fsp3) is 0.800. The van der Waals surface area contributed by atoms with Crippen molar-refractivity contribution in [3.05, 3.63) is 0 Å². The van der Waals surface area contributed by atoms with E-state index in [0.29, 0.717) is 19.6 Å². The summed E-state index contributed by atoms with van der Waals surface area (Å²) in [7, 11) is 0. The molecule has 0 aliphatic rings. The van der Waals surface area contributed by atoms with Crippen molar-refractivity contribution < 1.29 is 4.74 Å². The van der Waals surface area contributed by atoms with Gasteiger partial charge in [-0.3, -0.25) is 0 Å². The largest absolute Gasteiger partial charge is 0.380 e. The lowest BCUT2D eigenvalue weighted by molar-refractivity contribution is 0.119. The summed E-state index contributed by atoms with van der Waals surface area (Å²) in [4.78, 5) is 0. The second kappa shape index (κ2) is 8.50. The molecule has 0 aliphatic heterocycles. The highest BCUT2D eigenvalue weighted by molar-refractivity contribution is 5.00. The Hall–Kier alpha value is -1.10. The molecule has 0 aromatic rings. The monoisotopic (exact) mass is 195 g/mol. The smallest absolute Gasteiger partial charge is 0.134 e. The highest BCUT2D eigenvalue weighted by atomic mass is 16.5. The number of hydrogen-bond donors (Lipinski definition) is 1. The van der Waals surface area contributed by atoms with E-state index in [4.69, 9.17) is 15.3 Å². The summed E-state index contributed by atoms with van der Waals surface area (Å²) in [5.41, 5.74) is 0. The van der Waals surface area contributed by atoms with Crippen LogP contribution in [0.25, 0.3) is 0 Å². The van der Waals surface area contributed by atoms with Crippen LogP contribution in [0, 0.1) is 28.6 Å². The van der Waals surface area contributed by atoms with E-state index in [-0.39, 0.29) is 6.04 Å². The first-order valence-electron chi connectivity index (χ1n) is 4.88. The Morgan fingerprint density at radius 1 is 1.29 bits per heavy atom. The molecule has 0 heterocycles. The summed E-state index contributed by atoms with van der Waals surface area (Å²) in [6.45, 7) is 5.96. The highest BCUT2D eigenvalue weighted by Gasteiger charge is 2.14. The Labute approximate surface area is 85.5 Å². The summed E-state index contributed by atoms with van der Waals surface area (Å²) < 4.78 is 5.26. The number of nitrogens with zero attached hydrogens (tertiary/aromatic N) is 2. The van der Waals surface area contributed by atoms with Gasteiger partial charge >= 0.3 is 0 Å². The van der Waals surface area contributed by atoms with E-state index in [2.05, 4.69) is 5.32 Å². The molecule has 0 fully saturated rings. The van der Waals surface area contributed by atoms with Crippen molar-refractivity contribution in [3.63, 3.8) is 0 Å². The Kier molecular flexibility index (Phi) is 7.83. The fourth-order valence-electron chi connectivity index (χ4n) is 1.18. The van der Waals surface area contributed by atoms with Gasteiger partial charge in [-0.2, -0.15) is 10.5 Å². The minimum atomic E-state index is -0.542. The van der Waals surface area contributed by atoms with Crippen LogP contribution in [0.4, 0.5) is 0 Å². The molecule has 0 bridgehead atoms. The van der Waals surface area contributed by atoms with Crippen LogP contribution in [-0.4, -0.2) is 25.8 Å². The molecular formula is C10H17N3O. The molecule has 0 saturated heterocycles. The van der Waals surface area contributed by atoms with Gasteiger partial charge in [0.15, 0.2) is 0 Å². The van der Waals surface area contributed by atoms with Gasteiger partial charge in [0.05, 0.1) is 18.7 Å². The average Bonchev–Trinajstić information content (AvgIpc) is 2.22. The Balaban J connectivity index is 3.95. The Morgan fingerprint density at radius 3 is 2.36 bits per heavy atom. The third-order valence-electron chi connectivity index (χ3n) is 1.85. The van der Waals surface area contributed by atoms with E-state index < -0.39 is 5.92 Å². The molecule has 0 aliphatic carbocycles. The maximum Gasteiger partial charge on any atom is 0.134 e. The standard InChI is InChI=1S/C10H17N3O/c1-3-13-10(8-14-4-2)5-9(6-11)7-12/h9-10,13H,3-5,8H2,1-2H3. The zero-order chi connectivity index (χ0) is 10.8. The summed E-state index contributed by atoms with van der Waals surface area (Å²) in [6, 6.07) is 4.02. The summed E-state index contributed by atoms with van der Waals surface area (Å²) in [5, 5.41) is 20.4. The van der Waals surface area contributed by atoms with Crippen LogP contribution in [0.3, 0.4) is 0 Å². The van der Waals surface area contributed by atoms with Crippen molar-refractivity contribution in [3.8, 4) is 12.1 Å². The molecule has 78 valence electrons. The van der Waals surface area contributed by atoms with Crippen molar-refractivity contribution in [2.75, 3.05) is 19.8 Å². The van der Waals surface area contributed by atoms with Crippen molar-refractivity contribution in [1.82, 2.24) is 5.32 Å². The van der Waals surface area contributed by atoms with Gasteiger partial charge in [0, 0.05) is 12.6 Å². The number of ether oxygens (including phenoxy) is 1. The van der Waals surface area contributed by atoms with Gasteiger partial charge in [-0.25, -0.2) is 0 Å². The molecule has 0 saturated carbocycles. The predicted molar refractivity (Wildman–Crippen MR) is 53.3 cm³/mol. The molecule has 14 heavy (non-hydrogen) atoms. The van der Waals surface area contributed by atoms with E-state index in [1.54, 1.807) is 0 Å². The predicted octanol–water partition coefficient (Wildman–Crippen LogP) is 1.05. The molecule has 0 amide bonds. The maximum atomic E-state index is 8.63. The van der Waals surface area contributed by atoms with Crippen LogP contribution in [0.1, 0.15) is 20.3 Å². The number of likely N-dealkylation sites (N-methyl/N-ethyl adjacent to an activating group) is 1. The molecule has 0 rings (SSSR count). The molecule has 4 heteroatoms. The highest BCUT2D eigenvalue weighted by Crippen LogP contribution is 2.05. The fourth-order valence-corrected chi connectivity index (χ4v) is 1.18. The SMILES string of the molecule is CCNC(COCC)CC(C#N)C#N. The van der Waals surface area contributed by atoms with Gasteiger partial charge in [0.25, 0.3) is 0 Å². The minimum Gasteiger partial charge on any atom is -0.380 e. The lowest BCUT2D eigenvalue weighted by atomic mass is 10.0. The number of nitriles is 2. The molecular weight excluding hydrogens is 178 g/mol. The lowest BCUT2D eigenvalue weighted by Crippen LogP contribution is -2.35. The molecule has 0 spiro atoms. The average molecular weight is 195 g/mol. The number of nitrogens with one attached hydrogen (secondary N) is 1. The van der Waals surface area contributed by atoms with E-state index in [1.165, 1.54) is 0 Å². The first-order chi connectivity index (χ1) is 6.78. The van der Waals surface area contributed by atoms with Gasteiger partial charge in [-0.05, 0) is 19.9 Å². The molecule has 1 atom stereocenters. The first kappa shape index (κ1) is 12.9. The summed E-state index contributed by atoms with van der Waals surface area (Å²) >= 11 is 0. The van der Waals surface area contributed by atoms with E-state index in [1.807, 2.05) is 26.0 Å². The van der Waals surface area contributed by atoms with Crippen molar-refractivity contribution >= 4 is 0 Å². The zero-order valence-electron chi connectivity index (χ0n) is 8.79. The molecule has 0 aromatic heterocycles. The van der Waals surface area contributed by atoms with Gasteiger partial charge in [-0.15, -0.1) is 0 Å². The normalized spacial score (nSPS) is 12.1. The van der Waals surface area contributed by atoms with Crippen LogP contribution >= 0.6 is 0 Å². The lowest BCUT2D eigenvalue weighted by Gasteiger charge is -2.17. The van der Waals surface area contributed by atoms with E-state index >= 15 is 0 Å². The quantitative estimate of drug-likeness (QED) is 0.659. The van der Waals surface area contributed by atoms with E-state index in [9.17, 15) is 0 Å². The summed E-state index contributed by atoms with van der Waals surface area (Å²) in [6.07, 6.45) is 0.529.